The maximum absolute atomic E-state index is 12.6. The van der Waals surface area contributed by atoms with Crippen molar-refractivity contribution in [2.45, 2.75) is 33.4 Å². The Morgan fingerprint density at radius 2 is 2.15 bits per heavy atom. The van der Waals surface area contributed by atoms with Crippen LogP contribution < -0.4 is 5.56 Å². The molecule has 0 fully saturated rings. The molecule has 0 spiro atoms. The second-order valence-electron chi connectivity index (χ2n) is 4.89. The maximum atomic E-state index is 12.6. The number of rotatable bonds is 3. The number of thiophene rings is 1. The van der Waals surface area contributed by atoms with Crippen LogP contribution in [-0.2, 0) is 6.54 Å². The zero-order valence-corrected chi connectivity index (χ0v) is 12.4. The van der Waals surface area contributed by atoms with Gasteiger partial charge in [0.05, 0.1) is 24.3 Å². The SMILES string of the molecule is Cc1sc2ncn([C@@H](C)Cn3cncn3)c(=O)c2c1C. The first-order valence-corrected chi connectivity index (χ1v) is 7.19. The van der Waals surface area contributed by atoms with Gasteiger partial charge in [-0.05, 0) is 26.3 Å². The van der Waals surface area contributed by atoms with Crippen molar-refractivity contribution in [2.75, 3.05) is 0 Å². The summed E-state index contributed by atoms with van der Waals surface area (Å²) >= 11 is 1.57. The van der Waals surface area contributed by atoms with Crippen molar-refractivity contribution >= 4 is 21.6 Å². The molecule has 0 aliphatic rings. The fourth-order valence-corrected chi connectivity index (χ4v) is 3.24. The van der Waals surface area contributed by atoms with E-state index in [0.29, 0.717) is 6.54 Å². The highest BCUT2D eigenvalue weighted by Crippen LogP contribution is 2.25. The average molecular weight is 289 g/mol. The largest absolute Gasteiger partial charge is 0.294 e. The Hall–Kier alpha value is -2.02. The van der Waals surface area contributed by atoms with Crippen molar-refractivity contribution in [1.82, 2.24) is 24.3 Å². The van der Waals surface area contributed by atoms with E-state index in [0.717, 1.165) is 20.7 Å². The van der Waals surface area contributed by atoms with E-state index < -0.39 is 0 Å². The van der Waals surface area contributed by atoms with E-state index >= 15 is 0 Å². The van der Waals surface area contributed by atoms with E-state index in [1.54, 1.807) is 33.2 Å². The van der Waals surface area contributed by atoms with Gasteiger partial charge in [-0.1, -0.05) is 0 Å². The molecule has 0 saturated carbocycles. The summed E-state index contributed by atoms with van der Waals surface area (Å²) in [4.78, 5) is 22.9. The summed E-state index contributed by atoms with van der Waals surface area (Å²) in [6, 6.07) is -0.0271. The number of hydrogen-bond acceptors (Lipinski definition) is 5. The van der Waals surface area contributed by atoms with E-state index in [4.69, 9.17) is 0 Å². The van der Waals surface area contributed by atoms with E-state index in [1.807, 2.05) is 20.8 Å². The molecule has 104 valence electrons. The van der Waals surface area contributed by atoms with Crippen molar-refractivity contribution in [1.29, 1.82) is 0 Å². The monoisotopic (exact) mass is 289 g/mol. The van der Waals surface area contributed by atoms with Gasteiger partial charge in [-0.3, -0.25) is 14.0 Å². The molecule has 0 aromatic carbocycles. The van der Waals surface area contributed by atoms with Crippen LogP contribution in [0.2, 0.25) is 0 Å². The third-order valence-corrected chi connectivity index (χ3v) is 4.62. The molecule has 0 saturated heterocycles. The quantitative estimate of drug-likeness (QED) is 0.739. The Morgan fingerprint density at radius 3 is 2.85 bits per heavy atom. The third-order valence-electron chi connectivity index (χ3n) is 3.51. The lowest BCUT2D eigenvalue weighted by molar-refractivity contribution is 0.425. The fourth-order valence-electron chi connectivity index (χ4n) is 2.25. The predicted molar refractivity (Wildman–Crippen MR) is 78.1 cm³/mol. The molecule has 3 heterocycles. The molecular formula is C13H15N5OS. The van der Waals surface area contributed by atoms with Gasteiger partial charge in [0.2, 0.25) is 0 Å². The molecule has 3 aromatic heterocycles. The van der Waals surface area contributed by atoms with Gasteiger partial charge in [-0.25, -0.2) is 9.97 Å². The van der Waals surface area contributed by atoms with Crippen LogP contribution in [0.1, 0.15) is 23.4 Å². The van der Waals surface area contributed by atoms with Gasteiger partial charge in [0, 0.05) is 4.88 Å². The third kappa shape index (κ3) is 2.03. The summed E-state index contributed by atoms with van der Waals surface area (Å²) in [6.45, 7) is 6.56. The lowest BCUT2D eigenvalue weighted by Crippen LogP contribution is -2.26. The Kier molecular flexibility index (Phi) is 3.13. The average Bonchev–Trinajstić information content (AvgIpc) is 3.00. The molecule has 3 rings (SSSR count). The van der Waals surface area contributed by atoms with Crippen LogP contribution in [-0.4, -0.2) is 24.3 Å². The Morgan fingerprint density at radius 1 is 1.35 bits per heavy atom. The first-order chi connectivity index (χ1) is 9.58. The Labute approximate surface area is 119 Å². The van der Waals surface area contributed by atoms with Gasteiger partial charge in [0.15, 0.2) is 0 Å². The minimum Gasteiger partial charge on any atom is -0.294 e. The van der Waals surface area contributed by atoms with E-state index in [1.165, 1.54) is 6.33 Å². The number of hydrogen-bond donors (Lipinski definition) is 0. The summed E-state index contributed by atoms with van der Waals surface area (Å²) in [5, 5.41) is 4.80. The summed E-state index contributed by atoms with van der Waals surface area (Å²) in [6.07, 6.45) is 4.76. The molecular weight excluding hydrogens is 274 g/mol. The molecule has 0 amide bonds. The Bertz CT molecular complexity index is 802. The molecule has 3 aromatic rings. The lowest BCUT2D eigenvalue weighted by atomic mass is 10.2. The number of aryl methyl sites for hydroxylation is 2. The minimum atomic E-state index is -0.0271. The number of aromatic nitrogens is 5. The van der Waals surface area contributed by atoms with Crippen molar-refractivity contribution in [2.24, 2.45) is 0 Å². The topological polar surface area (TPSA) is 65.6 Å². The van der Waals surface area contributed by atoms with Crippen molar-refractivity contribution in [3.8, 4) is 0 Å². The van der Waals surface area contributed by atoms with E-state index in [-0.39, 0.29) is 11.6 Å². The zero-order valence-electron chi connectivity index (χ0n) is 11.6. The highest BCUT2D eigenvalue weighted by Gasteiger charge is 2.15. The van der Waals surface area contributed by atoms with Gasteiger partial charge in [-0.2, -0.15) is 5.10 Å². The van der Waals surface area contributed by atoms with Gasteiger partial charge >= 0.3 is 0 Å². The van der Waals surface area contributed by atoms with Crippen LogP contribution >= 0.6 is 11.3 Å². The van der Waals surface area contributed by atoms with Crippen LogP contribution in [0, 0.1) is 13.8 Å². The minimum absolute atomic E-state index is 0.0180. The van der Waals surface area contributed by atoms with Gasteiger partial charge in [0.25, 0.3) is 5.56 Å². The molecule has 0 radical (unpaired) electrons. The molecule has 0 bridgehead atoms. The molecule has 1 atom stereocenters. The Balaban J connectivity index is 2.06. The smallest absolute Gasteiger partial charge is 0.262 e. The van der Waals surface area contributed by atoms with E-state index in [2.05, 4.69) is 15.1 Å². The van der Waals surface area contributed by atoms with Crippen LogP contribution in [0.3, 0.4) is 0 Å². The molecule has 0 aliphatic carbocycles. The second kappa shape index (κ2) is 4.82. The molecule has 0 N–H and O–H groups in total. The highest BCUT2D eigenvalue weighted by molar-refractivity contribution is 7.18. The van der Waals surface area contributed by atoms with Crippen molar-refractivity contribution in [3.05, 3.63) is 39.8 Å². The normalized spacial score (nSPS) is 12.9. The molecule has 6 nitrogen and oxygen atoms in total. The van der Waals surface area contributed by atoms with Gasteiger partial charge < -0.3 is 0 Å². The van der Waals surface area contributed by atoms with Crippen LogP contribution in [0.15, 0.2) is 23.8 Å². The van der Waals surface area contributed by atoms with Gasteiger partial charge in [0.1, 0.15) is 17.5 Å². The van der Waals surface area contributed by atoms with Crippen molar-refractivity contribution < 1.29 is 0 Å². The molecule has 0 unspecified atom stereocenters. The fraction of sp³-hybridized carbons (Fsp3) is 0.385. The molecule has 7 heteroatoms. The van der Waals surface area contributed by atoms with Crippen LogP contribution in [0.25, 0.3) is 10.2 Å². The maximum Gasteiger partial charge on any atom is 0.262 e. The standard InChI is InChI=1S/C13H15N5OS/c1-8(4-17-6-14-5-16-17)18-7-15-12-11(13(18)19)9(2)10(3)20-12/h5-8H,4H2,1-3H3/t8-/m0/s1. The van der Waals surface area contributed by atoms with E-state index in [9.17, 15) is 4.79 Å². The first-order valence-electron chi connectivity index (χ1n) is 6.37. The number of nitrogens with zero attached hydrogens (tertiary/aromatic N) is 5. The molecule has 20 heavy (non-hydrogen) atoms. The summed E-state index contributed by atoms with van der Waals surface area (Å²) in [5.74, 6) is 0. The highest BCUT2D eigenvalue weighted by atomic mass is 32.1. The summed E-state index contributed by atoms with van der Waals surface area (Å²) < 4.78 is 3.39. The predicted octanol–water partition coefficient (Wildman–Crippen LogP) is 1.93. The summed E-state index contributed by atoms with van der Waals surface area (Å²) in [7, 11) is 0. The van der Waals surface area contributed by atoms with Crippen molar-refractivity contribution in [3.63, 3.8) is 0 Å². The molecule has 0 aliphatic heterocycles. The van der Waals surface area contributed by atoms with Crippen LogP contribution in [0.5, 0.6) is 0 Å². The van der Waals surface area contributed by atoms with Gasteiger partial charge in [-0.15, -0.1) is 11.3 Å². The zero-order chi connectivity index (χ0) is 14.3. The van der Waals surface area contributed by atoms with Crippen LogP contribution in [0.4, 0.5) is 0 Å². The lowest BCUT2D eigenvalue weighted by Gasteiger charge is -2.14. The first kappa shape index (κ1) is 13.0. The second-order valence-corrected chi connectivity index (χ2v) is 6.09. The summed E-state index contributed by atoms with van der Waals surface area (Å²) in [5.41, 5.74) is 1.05. The number of fused-ring (bicyclic) bond motifs is 1.